The molecule has 128 valence electrons. The third-order valence-corrected chi connectivity index (χ3v) is 3.55. The van der Waals surface area contributed by atoms with Gasteiger partial charge in [-0.15, -0.1) is 0 Å². The van der Waals surface area contributed by atoms with Crippen LogP contribution in [0.1, 0.15) is 11.1 Å². The van der Waals surface area contributed by atoms with Crippen LogP contribution in [-0.2, 0) is 0 Å². The summed E-state index contributed by atoms with van der Waals surface area (Å²) in [4.78, 5) is 0. The van der Waals surface area contributed by atoms with Gasteiger partial charge in [0.05, 0.1) is 0 Å². The van der Waals surface area contributed by atoms with Gasteiger partial charge in [-0.3, -0.25) is 0 Å². The second kappa shape index (κ2) is 6.89. The van der Waals surface area contributed by atoms with Crippen LogP contribution in [0.5, 0.6) is 0 Å². The predicted molar refractivity (Wildman–Crippen MR) is 81.7 cm³/mol. The minimum atomic E-state index is -5.51. The lowest BCUT2D eigenvalue weighted by atomic mass is 9.93. The van der Waals surface area contributed by atoms with Gasteiger partial charge in [0.25, 0.3) is 0 Å². The Bertz CT molecular complexity index is 708. The van der Waals surface area contributed by atoms with Gasteiger partial charge < -0.3 is 0 Å². The molecule has 2 aromatic carbocycles. The molecule has 7 heteroatoms. The van der Waals surface area contributed by atoms with Gasteiger partial charge in [0.1, 0.15) is 0 Å². The van der Waals surface area contributed by atoms with Crippen molar-refractivity contribution < 1.29 is 26.3 Å². The molecule has 0 unspecified atom stereocenters. The van der Waals surface area contributed by atoms with E-state index in [0.717, 1.165) is 18.2 Å². The third-order valence-electron chi connectivity index (χ3n) is 3.30. The van der Waals surface area contributed by atoms with E-state index in [1.54, 1.807) is 0 Å². The Kier molecular flexibility index (Phi) is 5.28. The van der Waals surface area contributed by atoms with E-state index in [4.69, 9.17) is 11.6 Å². The lowest BCUT2D eigenvalue weighted by Gasteiger charge is -2.28. The minimum absolute atomic E-state index is 0.128. The number of hydrogen-bond donors (Lipinski definition) is 0. The topological polar surface area (TPSA) is 0 Å². The highest BCUT2D eigenvalue weighted by Gasteiger charge is 2.64. The maximum Gasteiger partial charge on any atom is 0.373 e. The summed E-state index contributed by atoms with van der Waals surface area (Å²) < 4.78 is 80.4. The fourth-order valence-electron chi connectivity index (χ4n) is 2.02. The molecule has 2 rings (SSSR count). The van der Waals surface area contributed by atoms with E-state index in [-0.39, 0.29) is 11.1 Å². The van der Waals surface area contributed by atoms with Gasteiger partial charge in [0.15, 0.2) is 0 Å². The number of benzene rings is 2. The maximum atomic E-state index is 14.2. The first-order chi connectivity index (χ1) is 11.2. The number of hydrogen-bond acceptors (Lipinski definition) is 0. The molecule has 0 heterocycles. The van der Waals surface area contributed by atoms with Gasteiger partial charge in [0.2, 0.25) is 0 Å². The molecular weight excluding hydrogens is 354 g/mol. The molecule has 2 aromatic rings. The van der Waals surface area contributed by atoms with E-state index in [9.17, 15) is 26.3 Å². The van der Waals surface area contributed by atoms with Crippen LogP contribution in [0, 0.1) is 0 Å². The average molecular weight is 365 g/mol. The Morgan fingerprint density at radius 1 is 0.875 bits per heavy atom. The van der Waals surface area contributed by atoms with Crippen LogP contribution >= 0.6 is 11.6 Å². The van der Waals surface area contributed by atoms with Crippen molar-refractivity contribution in [2.75, 3.05) is 0 Å². The maximum absolute atomic E-state index is 14.2. The third kappa shape index (κ3) is 3.59. The van der Waals surface area contributed by atoms with Gasteiger partial charge in [-0.05, 0) is 29.3 Å². The second-order valence-electron chi connectivity index (χ2n) is 4.97. The van der Waals surface area contributed by atoms with Crippen molar-refractivity contribution >= 4 is 23.3 Å². The zero-order chi connectivity index (χ0) is 18.0. The highest BCUT2D eigenvalue weighted by Crippen LogP contribution is 2.48. The van der Waals surface area contributed by atoms with Crippen molar-refractivity contribution in [3.05, 3.63) is 70.7 Å². The van der Waals surface area contributed by atoms with Crippen molar-refractivity contribution in [2.45, 2.75) is 18.3 Å². The summed E-state index contributed by atoms with van der Waals surface area (Å²) >= 11 is 5.68. The largest absolute Gasteiger partial charge is 0.373 e. The first-order valence-electron chi connectivity index (χ1n) is 6.73. The van der Waals surface area contributed by atoms with Crippen LogP contribution in [-0.4, -0.2) is 18.3 Å². The number of rotatable bonds is 5. The number of halogens is 7. The van der Waals surface area contributed by atoms with Crippen molar-refractivity contribution in [3.8, 4) is 0 Å². The van der Waals surface area contributed by atoms with E-state index >= 15 is 0 Å². The molecule has 0 N–H and O–H groups in total. The SMILES string of the molecule is FC(F)C(F)(F)C(F)(F)/C(=C/c1ccc(Cl)cc1)c1ccccc1. The molecule has 0 aliphatic heterocycles. The Morgan fingerprint density at radius 3 is 1.92 bits per heavy atom. The smallest absolute Gasteiger partial charge is 0.203 e. The summed E-state index contributed by atoms with van der Waals surface area (Å²) in [5.74, 6) is -10.6. The summed E-state index contributed by atoms with van der Waals surface area (Å²) in [5.41, 5.74) is -1.35. The van der Waals surface area contributed by atoms with E-state index < -0.39 is 23.8 Å². The number of allylic oxidation sites excluding steroid dienone is 1. The zero-order valence-electron chi connectivity index (χ0n) is 12.0. The molecule has 0 aromatic heterocycles. The molecule has 0 bridgehead atoms. The zero-order valence-corrected chi connectivity index (χ0v) is 12.8. The fourth-order valence-corrected chi connectivity index (χ4v) is 2.14. The first kappa shape index (κ1) is 18.4. The summed E-state index contributed by atoms with van der Waals surface area (Å²) in [6.07, 6.45) is -3.76. The molecule has 0 saturated heterocycles. The standard InChI is InChI=1S/C17H11ClF6/c18-13-8-6-11(7-9-13)10-14(12-4-2-1-3-5-12)16(21,22)17(23,24)15(19)20/h1-10,15H/b14-10+. The second-order valence-corrected chi connectivity index (χ2v) is 5.41. The van der Waals surface area contributed by atoms with Gasteiger partial charge in [-0.2, -0.15) is 17.6 Å². The van der Waals surface area contributed by atoms with E-state index in [0.29, 0.717) is 5.02 Å². The molecule has 0 aliphatic rings. The van der Waals surface area contributed by atoms with Crippen molar-refractivity contribution in [2.24, 2.45) is 0 Å². The quantitative estimate of drug-likeness (QED) is 0.424. The van der Waals surface area contributed by atoms with Crippen LogP contribution in [0.15, 0.2) is 54.6 Å². The molecule has 24 heavy (non-hydrogen) atoms. The molecule has 0 atom stereocenters. The van der Waals surface area contributed by atoms with Gasteiger partial charge in [-0.1, -0.05) is 54.1 Å². The highest BCUT2D eigenvalue weighted by molar-refractivity contribution is 6.30. The molecule has 0 aliphatic carbocycles. The van der Waals surface area contributed by atoms with E-state index in [1.807, 2.05) is 0 Å². The van der Waals surface area contributed by atoms with Crippen LogP contribution < -0.4 is 0 Å². The van der Waals surface area contributed by atoms with Crippen molar-refractivity contribution in [1.82, 2.24) is 0 Å². The Morgan fingerprint density at radius 2 is 1.42 bits per heavy atom. The van der Waals surface area contributed by atoms with Crippen molar-refractivity contribution in [1.29, 1.82) is 0 Å². The molecule has 0 nitrogen and oxygen atoms in total. The van der Waals surface area contributed by atoms with Crippen LogP contribution in [0.3, 0.4) is 0 Å². The molecule has 0 saturated carbocycles. The highest BCUT2D eigenvalue weighted by atomic mass is 35.5. The normalized spacial score (nSPS) is 13.4. The Labute approximate surface area is 139 Å². The van der Waals surface area contributed by atoms with E-state index in [1.165, 1.54) is 42.5 Å². The lowest BCUT2D eigenvalue weighted by molar-refractivity contribution is -0.236. The Hall–Kier alpha value is -1.95. The summed E-state index contributed by atoms with van der Waals surface area (Å²) in [5, 5.41) is 0.318. The molecule has 0 amide bonds. The van der Waals surface area contributed by atoms with Crippen LogP contribution in [0.25, 0.3) is 11.6 Å². The fraction of sp³-hybridized carbons (Fsp3) is 0.176. The van der Waals surface area contributed by atoms with Crippen LogP contribution in [0.4, 0.5) is 26.3 Å². The molecule has 0 spiro atoms. The Balaban J connectivity index is 2.62. The minimum Gasteiger partial charge on any atom is -0.203 e. The molecule has 0 radical (unpaired) electrons. The van der Waals surface area contributed by atoms with Crippen LogP contribution in [0.2, 0.25) is 5.02 Å². The molecule has 0 fully saturated rings. The lowest BCUT2D eigenvalue weighted by Crippen LogP contribution is -2.47. The summed E-state index contributed by atoms with van der Waals surface area (Å²) in [7, 11) is 0. The van der Waals surface area contributed by atoms with E-state index in [2.05, 4.69) is 0 Å². The van der Waals surface area contributed by atoms with Gasteiger partial charge in [0, 0.05) is 10.6 Å². The predicted octanol–water partition coefficient (Wildman–Crippen LogP) is 6.42. The summed E-state index contributed by atoms with van der Waals surface area (Å²) in [6.45, 7) is 0. The molecular formula is C17H11ClF6. The van der Waals surface area contributed by atoms with Gasteiger partial charge >= 0.3 is 18.3 Å². The van der Waals surface area contributed by atoms with Gasteiger partial charge in [-0.25, -0.2) is 8.78 Å². The monoisotopic (exact) mass is 364 g/mol. The first-order valence-corrected chi connectivity index (χ1v) is 7.11. The van der Waals surface area contributed by atoms with Crippen molar-refractivity contribution in [3.63, 3.8) is 0 Å². The number of alkyl halides is 6. The average Bonchev–Trinajstić information content (AvgIpc) is 2.54. The summed E-state index contributed by atoms with van der Waals surface area (Å²) in [6, 6.07) is 11.9.